The summed E-state index contributed by atoms with van der Waals surface area (Å²) in [5.41, 5.74) is -0.486. The minimum absolute atomic E-state index is 0.101. The van der Waals surface area contributed by atoms with E-state index in [4.69, 9.17) is 4.74 Å². The molecule has 0 atom stereocenters. The molecule has 1 saturated carbocycles. The summed E-state index contributed by atoms with van der Waals surface area (Å²) in [5.74, 6) is -1.03. The second-order valence-electron chi connectivity index (χ2n) is 7.64. The lowest BCUT2D eigenvalue weighted by atomic mass is 9.85. The molecule has 1 aliphatic carbocycles. The van der Waals surface area contributed by atoms with Gasteiger partial charge in [0.05, 0.1) is 0 Å². The van der Waals surface area contributed by atoms with Crippen molar-refractivity contribution in [2.24, 2.45) is 0 Å². The van der Waals surface area contributed by atoms with E-state index in [9.17, 15) is 19.5 Å². The molecule has 3 amide bonds. The number of amides is 3. The van der Waals surface area contributed by atoms with Gasteiger partial charge in [0.25, 0.3) is 0 Å². The number of carboxylic acids is 1. The summed E-state index contributed by atoms with van der Waals surface area (Å²) in [7, 11) is 3.33. The van der Waals surface area contributed by atoms with Crippen molar-refractivity contribution < 1.29 is 24.2 Å². The maximum absolute atomic E-state index is 12.9. The van der Waals surface area contributed by atoms with Crippen molar-refractivity contribution in [3.05, 3.63) is 35.9 Å². The highest BCUT2D eigenvalue weighted by molar-refractivity contribution is 5.85. The Kier molecular flexibility index (Phi) is 5.76. The summed E-state index contributed by atoms with van der Waals surface area (Å²) in [4.78, 5) is 41.9. The Morgan fingerprint density at radius 2 is 1.75 bits per heavy atom. The first-order chi connectivity index (χ1) is 13.3. The van der Waals surface area contributed by atoms with Crippen LogP contribution in [0.25, 0.3) is 0 Å². The standard InChI is InChI=1S/C20H27N3O5/c1-21(2)18(26)22-12-10-20(11-13-22,17(24)25)23(16-8-9-16)19(27)28-14-15-6-4-3-5-7-15/h3-7,16H,8-14H2,1-2H3,(H,24,25). The van der Waals surface area contributed by atoms with Gasteiger partial charge in [0.2, 0.25) is 0 Å². The maximum Gasteiger partial charge on any atom is 0.411 e. The van der Waals surface area contributed by atoms with Gasteiger partial charge in [0, 0.05) is 33.2 Å². The van der Waals surface area contributed by atoms with Gasteiger partial charge in [-0.25, -0.2) is 14.4 Å². The molecule has 1 aromatic carbocycles. The molecule has 1 heterocycles. The van der Waals surface area contributed by atoms with Crippen LogP contribution in [-0.4, -0.2) is 76.7 Å². The third kappa shape index (κ3) is 4.05. The molecule has 1 N–H and O–H groups in total. The molecule has 8 nitrogen and oxygen atoms in total. The number of carbonyl (C=O) groups excluding carboxylic acids is 2. The van der Waals surface area contributed by atoms with E-state index in [1.165, 1.54) is 9.80 Å². The summed E-state index contributed by atoms with van der Waals surface area (Å²) >= 11 is 0. The van der Waals surface area contributed by atoms with Crippen molar-refractivity contribution in [2.75, 3.05) is 27.2 Å². The van der Waals surface area contributed by atoms with E-state index in [1.54, 1.807) is 19.0 Å². The Morgan fingerprint density at radius 1 is 1.14 bits per heavy atom. The van der Waals surface area contributed by atoms with E-state index in [0.717, 1.165) is 18.4 Å². The average molecular weight is 389 g/mol. The third-order valence-corrected chi connectivity index (χ3v) is 5.42. The first-order valence-corrected chi connectivity index (χ1v) is 9.55. The van der Waals surface area contributed by atoms with Gasteiger partial charge in [-0.2, -0.15) is 0 Å². The number of ether oxygens (including phenoxy) is 1. The molecule has 3 rings (SSSR count). The molecule has 0 bridgehead atoms. The highest BCUT2D eigenvalue weighted by atomic mass is 16.6. The fraction of sp³-hybridized carbons (Fsp3) is 0.550. The molecule has 2 aliphatic rings. The third-order valence-electron chi connectivity index (χ3n) is 5.42. The highest BCUT2D eigenvalue weighted by Crippen LogP contribution is 2.39. The predicted molar refractivity (Wildman–Crippen MR) is 102 cm³/mol. The molecular weight excluding hydrogens is 362 g/mol. The molecule has 0 unspecified atom stereocenters. The van der Waals surface area contributed by atoms with Crippen molar-refractivity contribution in [2.45, 2.75) is 43.9 Å². The predicted octanol–water partition coefficient (Wildman–Crippen LogP) is 2.39. The molecule has 8 heteroatoms. The first kappa shape index (κ1) is 20.0. The Labute approximate surface area is 164 Å². The van der Waals surface area contributed by atoms with Gasteiger partial charge in [-0.05, 0) is 31.2 Å². The van der Waals surface area contributed by atoms with Crippen LogP contribution in [0.4, 0.5) is 9.59 Å². The van der Waals surface area contributed by atoms with Gasteiger partial charge in [0.15, 0.2) is 0 Å². The molecule has 0 radical (unpaired) electrons. The Morgan fingerprint density at radius 3 is 2.25 bits per heavy atom. The van der Waals surface area contributed by atoms with Crippen molar-refractivity contribution in [1.82, 2.24) is 14.7 Å². The number of carbonyl (C=O) groups is 3. The molecule has 28 heavy (non-hydrogen) atoms. The van der Waals surface area contributed by atoms with E-state index >= 15 is 0 Å². The fourth-order valence-electron chi connectivity index (χ4n) is 3.70. The zero-order chi connectivity index (χ0) is 20.3. The van der Waals surface area contributed by atoms with E-state index in [1.807, 2.05) is 30.3 Å². The van der Waals surface area contributed by atoms with Crippen LogP contribution < -0.4 is 0 Å². The number of benzene rings is 1. The number of aliphatic carboxylic acids is 1. The highest BCUT2D eigenvalue weighted by Gasteiger charge is 2.54. The summed E-state index contributed by atoms with van der Waals surface area (Å²) < 4.78 is 5.47. The monoisotopic (exact) mass is 389 g/mol. The van der Waals surface area contributed by atoms with Crippen LogP contribution in [0.3, 0.4) is 0 Å². The lowest BCUT2D eigenvalue weighted by Crippen LogP contribution is -2.63. The fourth-order valence-corrected chi connectivity index (χ4v) is 3.70. The Balaban J connectivity index is 1.74. The van der Waals surface area contributed by atoms with Gasteiger partial charge in [-0.15, -0.1) is 0 Å². The zero-order valence-corrected chi connectivity index (χ0v) is 16.3. The number of nitrogens with zero attached hydrogens (tertiary/aromatic N) is 3. The second kappa shape index (κ2) is 8.08. The van der Waals surface area contributed by atoms with Crippen LogP contribution in [0.5, 0.6) is 0 Å². The van der Waals surface area contributed by atoms with E-state index in [0.29, 0.717) is 13.1 Å². The molecule has 0 spiro atoms. The van der Waals surface area contributed by atoms with Crippen molar-refractivity contribution in [1.29, 1.82) is 0 Å². The molecule has 0 aromatic heterocycles. The molecule has 1 aromatic rings. The van der Waals surface area contributed by atoms with Gasteiger partial charge in [0.1, 0.15) is 12.1 Å². The zero-order valence-electron chi connectivity index (χ0n) is 16.3. The quantitative estimate of drug-likeness (QED) is 0.835. The van der Waals surface area contributed by atoms with Crippen LogP contribution in [0.1, 0.15) is 31.2 Å². The molecule has 1 aliphatic heterocycles. The van der Waals surface area contributed by atoms with E-state index in [-0.39, 0.29) is 31.5 Å². The van der Waals surface area contributed by atoms with Crippen LogP contribution in [0.2, 0.25) is 0 Å². The molecule has 1 saturated heterocycles. The minimum atomic E-state index is -1.34. The van der Waals surface area contributed by atoms with Crippen molar-refractivity contribution in [3.63, 3.8) is 0 Å². The first-order valence-electron chi connectivity index (χ1n) is 9.55. The number of likely N-dealkylation sites (tertiary alicyclic amines) is 1. The normalized spacial score (nSPS) is 18.3. The van der Waals surface area contributed by atoms with Crippen LogP contribution >= 0.6 is 0 Å². The topological polar surface area (TPSA) is 90.4 Å². The Bertz CT molecular complexity index is 725. The second-order valence-corrected chi connectivity index (χ2v) is 7.64. The molecule has 152 valence electrons. The number of hydrogen-bond acceptors (Lipinski definition) is 4. The van der Waals surface area contributed by atoms with Gasteiger partial charge < -0.3 is 19.6 Å². The van der Waals surface area contributed by atoms with Crippen molar-refractivity contribution >= 4 is 18.1 Å². The summed E-state index contributed by atoms with van der Waals surface area (Å²) in [5, 5.41) is 10.0. The average Bonchev–Trinajstić information content (AvgIpc) is 3.52. The van der Waals surface area contributed by atoms with Crippen LogP contribution in [0, 0.1) is 0 Å². The van der Waals surface area contributed by atoms with E-state index in [2.05, 4.69) is 0 Å². The Hall–Kier alpha value is -2.77. The van der Waals surface area contributed by atoms with Gasteiger partial charge >= 0.3 is 18.1 Å². The van der Waals surface area contributed by atoms with Crippen molar-refractivity contribution in [3.8, 4) is 0 Å². The maximum atomic E-state index is 12.9. The molecular formula is C20H27N3O5. The number of carboxylic acid groups (broad SMARTS) is 1. The lowest BCUT2D eigenvalue weighted by Gasteiger charge is -2.45. The summed E-state index contributed by atoms with van der Waals surface area (Å²) in [6.45, 7) is 0.681. The summed E-state index contributed by atoms with van der Waals surface area (Å²) in [6, 6.07) is 9.04. The number of rotatable bonds is 5. The molecule has 2 fully saturated rings. The number of piperidine rings is 1. The van der Waals surface area contributed by atoms with Gasteiger partial charge in [-0.1, -0.05) is 30.3 Å². The SMILES string of the molecule is CN(C)C(=O)N1CCC(C(=O)O)(N(C(=O)OCc2ccccc2)C2CC2)CC1. The number of urea groups is 1. The largest absolute Gasteiger partial charge is 0.479 e. The van der Waals surface area contributed by atoms with Crippen LogP contribution in [-0.2, 0) is 16.1 Å². The lowest BCUT2D eigenvalue weighted by molar-refractivity contribution is -0.154. The number of hydrogen-bond donors (Lipinski definition) is 1. The summed E-state index contributed by atoms with van der Waals surface area (Å²) in [6.07, 6.45) is 1.34. The van der Waals surface area contributed by atoms with E-state index < -0.39 is 17.6 Å². The minimum Gasteiger partial charge on any atom is -0.479 e. The van der Waals surface area contributed by atoms with Crippen LogP contribution in [0.15, 0.2) is 30.3 Å². The van der Waals surface area contributed by atoms with Gasteiger partial charge in [-0.3, -0.25) is 4.90 Å². The smallest absolute Gasteiger partial charge is 0.411 e.